The summed E-state index contributed by atoms with van der Waals surface area (Å²) >= 11 is 0. The number of benzene rings is 1. The van der Waals surface area contributed by atoms with Gasteiger partial charge in [-0.05, 0) is 38.1 Å². The third-order valence-corrected chi connectivity index (χ3v) is 7.54. The van der Waals surface area contributed by atoms with Crippen LogP contribution in [0.4, 0.5) is 18.9 Å². The van der Waals surface area contributed by atoms with Crippen molar-refractivity contribution >= 4 is 15.7 Å². The monoisotopic (exact) mass is 473 g/mol. The normalized spacial score (nSPS) is 23.4. The number of rotatable bonds is 6. The Labute approximate surface area is 185 Å². The molecule has 1 aromatic heterocycles. The second kappa shape index (κ2) is 8.91. The van der Waals surface area contributed by atoms with Crippen LogP contribution in [-0.4, -0.2) is 71.8 Å². The fourth-order valence-corrected chi connectivity index (χ4v) is 5.81. The Balaban J connectivity index is 1.56. The van der Waals surface area contributed by atoms with Crippen LogP contribution in [0.1, 0.15) is 19.3 Å². The smallest absolute Gasteiger partial charge is 0.406 e. The van der Waals surface area contributed by atoms with Crippen LogP contribution in [-0.2, 0) is 17.1 Å². The van der Waals surface area contributed by atoms with Crippen LogP contribution in [0.15, 0.2) is 41.8 Å². The van der Waals surface area contributed by atoms with Crippen molar-refractivity contribution in [2.75, 3.05) is 31.5 Å². The molecule has 2 aliphatic heterocycles. The van der Waals surface area contributed by atoms with Crippen LogP contribution in [0.2, 0.25) is 0 Å². The van der Waals surface area contributed by atoms with Gasteiger partial charge in [0.25, 0.3) is 10.0 Å². The molecule has 2 aliphatic rings. The van der Waals surface area contributed by atoms with Gasteiger partial charge in [-0.1, -0.05) is 12.5 Å². The molecule has 0 aliphatic carbocycles. The summed E-state index contributed by atoms with van der Waals surface area (Å²) in [7, 11) is -2.08. The van der Waals surface area contributed by atoms with E-state index in [1.807, 2.05) is 0 Å². The summed E-state index contributed by atoms with van der Waals surface area (Å²) in [5, 5.41) is 3.24. The zero-order valence-corrected chi connectivity index (χ0v) is 18.4. The molecule has 2 saturated heterocycles. The predicted octanol–water partition coefficient (Wildman–Crippen LogP) is 2.66. The number of ether oxygens (including phenoxy) is 1. The Morgan fingerprint density at radius 2 is 1.91 bits per heavy atom. The maximum Gasteiger partial charge on any atom is 0.573 e. The van der Waals surface area contributed by atoms with Gasteiger partial charge in [0.1, 0.15) is 5.75 Å². The highest BCUT2D eigenvalue weighted by molar-refractivity contribution is 7.89. The first-order chi connectivity index (χ1) is 15.1. The minimum absolute atomic E-state index is 0.0152. The summed E-state index contributed by atoms with van der Waals surface area (Å²) in [6, 6.07) is 5.21. The number of aromatic nitrogens is 2. The van der Waals surface area contributed by atoms with Crippen LogP contribution in [0.3, 0.4) is 0 Å². The van der Waals surface area contributed by atoms with Gasteiger partial charge in [0.2, 0.25) is 0 Å². The lowest BCUT2D eigenvalue weighted by atomic mass is 10.0. The molecular weight excluding hydrogens is 447 g/mol. The number of halogens is 3. The highest BCUT2D eigenvalue weighted by Crippen LogP contribution is 2.30. The molecule has 8 nitrogen and oxygen atoms in total. The van der Waals surface area contributed by atoms with E-state index in [1.54, 1.807) is 17.7 Å². The van der Waals surface area contributed by atoms with Crippen molar-refractivity contribution in [1.82, 2.24) is 18.8 Å². The van der Waals surface area contributed by atoms with Crippen molar-refractivity contribution in [2.45, 2.75) is 42.7 Å². The van der Waals surface area contributed by atoms with Gasteiger partial charge in [0.05, 0.1) is 12.4 Å². The predicted molar refractivity (Wildman–Crippen MR) is 112 cm³/mol. The Kier molecular flexibility index (Phi) is 6.37. The third-order valence-electron chi connectivity index (χ3n) is 5.82. The number of nitrogens with one attached hydrogen (secondary N) is 1. The molecule has 2 fully saturated rings. The Morgan fingerprint density at radius 3 is 2.56 bits per heavy atom. The van der Waals surface area contributed by atoms with Crippen LogP contribution < -0.4 is 10.1 Å². The summed E-state index contributed by atoms with van der Waals surface area (Å²) < 4.78 is 71.1. The molecule has 12 heteroatoms. The second-order valence-electron chi connectivity index (χ2n) is 8.19. The quantitative estimate of drug-likeness (QED) is 0.695. The van der Waals surface area contributed by atoms with Gasteiger partial charge in [0.15, 0.2) is 5.03 Å². The number of likely N-dealkylation sites (tertiary alicyclic amines) is 1. The molecule has 0 radical (unpaired) electrons. The zero-order chi connectivity index (χ0) is 22.9. The summed E-state index contributed by atoms with van der Waals surface area (Å²) in [4.78, 5) is 6.27. The molecule has 0 spiro atoms. The first kappa shape index (κ1) is 22.9. The van der Waals surface area contributed by atoms with Gasteiger partial charge in [-0.25, -0.2) is 13.4 Å². The number of nitrogens with zero attached hydrogens (tertiary/aromatic N) is 4. The van der Waals surface area contributed by atoms with Crippen LogP contribution in [0.25, 0.3) is 0 Å². The maximum atomic E-state index is 13.1. The minimum Gasteiger partial charge on any atom is -0.406 e. The molecule has 4 rings (SSSR count). The summed E-state index contributed by atoms with van der Waals surface area (Å²) in [5.74, 6) is -0.326. The average Bonchev–Trinajstić information content (AvgIpc) is 3.35. The number of alkyl halides is 3. The van der Waals surface area contributed by atoms with Crippen molar-refractivity contribution in [3.05, 3.63) is 36.8 Å². The van der Waals surface area contributed by atoms with Crippen molar-refractivity contribution < 1.29 is 26.3 Å². The number of hydrogen-bond acceptors (Lipinski definition) is 6. The van der Waals surface area contributed by atoms with Crippen molar-refractivity contribution in [3.63, 3.8) is 0 Å². The summed E-state index contributed by atoms with van der Waals surface area (Å²) in [5.41, 5.74) is 0.441. The van der Waals surface area contributed by atoms with E-state index in [0.717, 1.165) is 32.4 Å². The highest BCUT2D eigenvalue weighted by Gasteiger charge is 2.43. The van der Waals surface area contributed by atoms with Crippen molar-refractivity contribution in [2.24, 2.45) is 7.05 Å². The Bertz CT molecular complexity index is 1040. The molecule has 0 saturated carbocycles. The van der Waals surface area contributed by atoms with Gasteiger partial charge >= 0.3 is 6.36 Å². The van der Waals surface area contributed by atoms with E-state index in [2.05, 4.69) is 19.9 Å². The Morgan fingerprint density at radius 1 is 1.16 bits per heavy atom. The standard InChI is InChI=1S/C20H26F3N5O3S/c1-26-13-19(24-14-26)32(29,30)28-11-17(18(12-28)27-8-3-2-4-9-27)25-15-6-5-7-16(10-15)31-20(21,22)23/h5-7,10,13-14,17-18,25H,2-4,8-9,11-12H2,1H3. The van der Waals surface area contributed by atoms with E-state index in [-0.39, 0.29) is 35.9 Å². The van der Waals surface area contributed by atoms with Crippen molar-refractivity contribution in [1.29, 1.82) is 0 Å². The molecule has 3 heterocycles. The summed E-state index contributed by atoms with van der Waals surface area (Å²) in [6.07, 6.45) is 1.32. The zero-order valence-electron chi connectivity index (χ0n) is 17.6. The van der Waals surface area contributed by atoms with E-state index in [4.69, 9.17) is 0 Å². The minimum atomic E-state index is -4.78. The molecule has 176 valence electrons. The number of anilines is 1. The molecule has 0 amide bonds. The lowest BCUT2D eigenvalue weighted by Gasteiger charge is -2.35. The van der Waals surface area contributed by atoms with Gasteiger partial charge < -0.3 is 14.6 Å². The van der Waals surface area contributed by atoms with E-state index in [0.29, 0.717) is 5.69 Å². The van der Waals surface area contributed by atoms with Crippen LogP contribution in [0.5, 0.6) is 5.75 Å². The average molecular weight is 474 g/mol. The topological polar surface area (TPSA) is 79.7 Å². The SMILES string of the molecule is Cn1cnc(S(=O)(=O)N2CC(Nc3cccc(OC(F)(F)F)c3)C(N3CCCCC3)C2)c1. The lowest BCUT2D eigenvalue weighted by Crippen LogP contribution is -2.48. The first-order valence-electron chi connectivity index (χ1n) is 10.5. The number of sulfonamides is 1. The molecular formula is C20H26F3N5O3S. The largest absolute Gasteiger partial charge is 0.573 e. The van der Waals surface area contributed by atoms with Crippen molar-refractivity contribution in [3.8, 4) is 5.75 Å². The number of aryl methyl sites for hydroxylation is 1. The van der Waals surface area contributed by atoms with Crippen LogP contribution >= 0.6 is 0 Å². The van der Waals surface area contributed by atoms with Gasteiger partial charge in [-0.3, -0.25) is 4.90 Å². The molecule has 32 heavy (non-hydrogen) atoms. The molecule has 2 aromatic rings. The van der Waals surface area contributed by atoms with E-state index in [9.17, 15) is 21.6 Å². The molecule has 2 atom stereocenters. The van der Waals surface area contributed by atoms with Crippen LogP contribution in [0, 0.1) is 0 Å². The van der Waals surface area contributed by atoms with E-state index >= 15 is 0 Å². The number of imidazole rings is 1. The van der Waals surface area contributed by atoms with Gasteiger partial charge in [-0.2, -0.15) is 4.31 Å². The van der Waals surface area contributed by atoms with Gasteiger partial charge in [0, 0.05) is 44.1 Å². The number of piperidine rings is 1. The maximum absolute atomic E-state index is 13.1. The second-order valence-corrected chi connectivity index (χ2v) is 10.1. The molecule has 1 N–H and O–H groups in total. The fraction of sp³-hybridized carbons (Fsp3) is 0.550. The highest BCUT2D eigenvalue weighted by atomic mass is 32.2. The molecule has 1 aromatic carbocycles. The summed E-state index contributed by atoms with van der Waals surface area (Å²) in [6.45, 7) is 2.19. The van der Waals surface area contributed by atoms with Gasteiger partial charge in [-0.15, -0.1) is 13.2 Å². The Hall–Kier alpha value is -2.31. The molecule has 0 bridgehead atoms. The van der Waals surface area contributed by atoms with E-state index < -0.39 is 16.4 Å². The van der Waals surface area contributed by atoms with E-state index in [1.165, 1.54) is 35.0 Å². The third kappa shape index (κ3) is 5.18. The first-order valence-corrected chi connectivity index (χ1v) is 11.9. The lowest BCUT2D eigenvalue weighted by molar-refractivity contribution is -0.274. The number of hydrogen-bond donors (Lipinski definition) is 1. The molecule has 2 unspecified atom stereocenters. The fourth-order valence-electron chi connectivity index (χ4n) is 4.36.